The van der Waals surface area contributed by atoms with Crippen LogP contribution in [0.3, 0.4) is 0 Å². The largest absolute Gasteiger partial charge is 0.507 e. The highest BCUT2D eigenvalue weighted by molar-refractivity contribution is 7.98. The second kappa shape index (κ2) is 8.39. The molecule has 134 valence electrons. The Balaban J connectivity index is 1.57. The van der Waals surface area contributed by atoms with Gasteiger partial charge in [0.1, 0.15) is 11.5 Å². The van der Waals surface area contributed by atoms with Crippen molar-refractivity contribution in [2.75, 3.05) is 12.5 Å². The first-order chi connectivity index (χ1) is 12.6. The second-order valence-corrected chi connectivity index (χ2v) is 6.48. The van der Waals surface area contributed by atoms with Crippen molar-refractivity contribution in [3.63, 3.8) is 0 Å². The predicted octanol–water partition coefficient (Wildman–Crippen LogP) is 3.57. The van der Waals surface area contributed by atoms with E-state index in [1.165, 1.54) is 29.1 Å². The summed E-state index contributed by atoms with van der Waals surface area (Å²) in [5, 5.41) is 21.4. The number of ether oxygens (including phenoxy) is 1. The first-order valence-corrected chi connectivity index (χ1v) is 8.89. The van der Waals surface area contributed by atoms with Gasteiger partial charge in [0, 0.05) is 11.3 Å². The first kappa shape index (κ1) is 17.8. The summed E-state index contributed by atoms with van der Waals surface area (Å²) >= 11 is 1.54. The number of hydrazone groups is 1. The minimum absolute atomic E-state index is 0.114. The van der Waals surface area contributed by atoms with Gasteiger partial charge in [-0.25, -0.2) is 10.5 Å². The standard InChI is InChI=1S/C18H19N5O2S/c1-12-4-3-5-13(8-12)11-26-18-20-17(22-23-18)21-19-10-14-9-15(25-2)6-7-16(14)24/h3-10,24H,11H2,1-2H3,(H2,20,21,22,23)/b19-10+. The van der Waals surface area contributed by atoms with Crippen molar-refractivity contribution in [3.05, 3.63) is 59.2 Å². The summed E-state index contributed by atoms with van der Waals surface area (Å²) in [7, 11) is 1.57. The molecule has 0 saturated carbocycles. The highest BCUT2D eigenvalue weighted by Crippen LogP contribution is 2.22. The van der Waals surface area contributed by atoms with Gasteiger partial charge in [0.2, 0.25) is 11.1 Å². The van der Waals surface area contributed by atoms with E-state index < -0.39 is 0 Å². The number of aromatic amines is 1. The molecule has 0 bridgehead atoms. The number of benzene rings is 2. The quantitative estimate of drug-likeness (QED) is 0.335. The van der Waals surface area contributed by atoms with Crippen LogP contribution in [0.1, 0.15) is 16.7 Å². The molecule has 1 aromatic heterocycles. The average molecular weight is 369 g/mol. The molecular formula is C18H19N5O2S. The third-order valence-electron chi connectivity index (χ3n) is 3.52. The highest BCUT2D eigenvalue weighted by atomic mass is 32.2. The number of rotatable bonds is 7. The Hall–Kier alpha value is -3.00. The van der Waals surface area contributed by atoms with Gasteiger partial charge in [-0.15, -0.1) is 5.10 Å². The zero-order valence-corrected chi connectivity index (χ0v) is 15.2. The van der Waals surface area contributed by atoms with Crippen LogP contribution in [-0.4, -0.2) is 33.6 Å². The molecule has 1 heterocycles. The minimum Gasteiger partial charge on any atom is -0.507 e. The van der Waals surface area contributed by atoms with E-state index in [-0.39, 0.29) is 5.75 Å². The summed E-state index contributed by atoms with van der Waals surface area (Å²) in [6, 6.07) is 13.2. The van der Waals surface area contributed by atoms with Crippen LogP contribution in [0.4, 0.5) is 5.95 Å². The normalized spacial score (nSPS) is 11.0. The topological polar surface area (TPSA) is 95.4 Å². The van der Waals surface area contributed by atoms with Crippen molar-refractivity contribution in [1.82, 2.24) is 15.2 Å². The summed E-state index contributed by atoms with van der Waals surface area (Å²) in [5.41, 5.74) is 5.75. The SMILES string of the molecule is COc1ccc(O)c(/C=N/Nc2nc(SCc3cccc(C)c3)n[nH]2)c1. The summed E-state index contributed by atoms with van der Waals surface area (Å²) in [4.78, 5) is 4.32. The summed E-state index contributed by atoms with van der Waals surface area (Å²) in [6.45, 7) is 2.07. The number of hydrogen-bond donors (Lipinski definition) is 3. The molecule has 0 saturated heterocycles. The van der Waals surface area contributed by atoms with Gasteiger partial charge >= 0.3 is 0 Å². The van der Waals surface area contributed by atoms with E-state index in [2.05, 4.69) is 50.8 Å². The monoisotopic (exact) mass is 369 g/mol. The van der Waals surface area contributed by atoms with Gasteiger partial charge in [0.25, 0.3) is 0 Å². The van der Waals surface area contributed by atoms with Crippen molar-refractivity contribution in [2.24, 2.45) is 5.10 Å². The molecule has 0 radical (unpaired) electrons. The van der Waals surface area contributed by atoms with Crippen molar-refractivity contribution in [2.45, 2.75) is 17.8 Å². The van der Waals surface area contributed by atoms with Crippen LogP contribution in [0.2, 0.25) is 0 Å². The first-order valence-electron chi connectivity index (χ1n) is 7.91. The summed E-state index contributed by atoms with van der Waals surface area (Å²) < 4.78 is 5.12. The second-order valence-electron chi connectivity index (χ2n) is 5.54. The Morgan fingerprint density at radius 2 is 2.19 bits per heavy atom. The average Bonchev–Trinajstić information content (AvgIpc) is 3.09. The number of hydrogen-bond acceptors (Lipinski definition) is 7. The fourth-order valence-corrected chi connectivity index (χ4v) is 2.98. The van der Waals surface area contributed by atoms with Gasteiger partial charge in [0.05, 0.1) is 13.3 Å². The number of phenols is 1. The molecule has 0 spiro atoms. The molecule has 26 heavy (non-hydrogen) atoms. The van der Waals surface area contributed by atoms with E-state index in [4.69, 9.17) is 4.74 Å². The number of aromatic nitrogens is 3. The Kier molecular flexibility index (Phi) is 5.75. The number of nitrogens with zero attached hydrogens (tertiary/aromatic N) is 3. The third kappa shape index (κ3) is 4.76. The lowest BCUT2D eigenvalue weighted by molar-refractivity contribution is 0.412. The van der Waals surface area contributed by atoms with Crippen LogP contribution in [0.15, 0.2) is 52.7 Å². The maximum atomic E-state index is 9.82. The number of methoxy groups -OCH3 is 1. The fourth-order valence-electron chi connectivity index (χ4n) is 2.24. The molecule has 0 unspecified atom stereocenters. The zero-order chi connectivity index (χ0) is 18.4. The molecule has 3 rings (SSSR count). The maximum absolute atomic E-state index is 9.82. The number of phenolic OH excluding ortho intramolecular Hbond substituents is 1. The van der Waals surface area contributed by atoms with Gasteiger partial charge in [-0.05, 0) is 30.7 Å². The zero-order valence-electron chi connectivity index (χ0n) is 14.4. The lowest BCUT2D eigenvalue weighted by atomic mass is 10.2. The van der Waals surface area contributed by atoms with Gasteiger partial charge in [-0.3, -0.25) is 0 Å². The molecule has 8 heteroatoms. The smallest absolute Gasteiger partial charge is 0.240 e. The molecule has 7 nitrogen and oxygen atoms in total. The fraction of sp³-hybridized carbons (Fsp3) is 0.167. The molecule has 3 N–H and O–H groups in total. The van der Waals surface area contributed by atoms with Crippen molar-refractivity contribution >= 4 is 23.9 Å². The van der Waals surface area contributed by atoms with E-state index in [0.717, 1.165) is 5.75 Å². The lowest BCUT2D eigenvalue weighted by Gasteiger charge is -2.02. The van der Waals surface area contributed by atoms with Crippen LogP contribution < -0.4 is 10.2 Å². The Morgan fingerprint density at radius 3 is 3.00 bits per heavy atom. The molecule has 3 aromatic rings. The molecule has 0 atom stereocenters. The van der Waals surface area contributed by atoms with Crippen molar-refractivity contribution in [3.8, 4) is 11.5 Å². The number of nitrogens with one attached hydrogen (secondary N) is 2. The molecule has 0 fully saturated rings. The number of thioether (sulfide) groups is 1. The van der Waals surface area contributed by atoms with E-state index in [9.17, 15) is 5.11 Å². The molecule has 0 aliphatic carbocycles. The number of H-pyrrole nitrogens is 1. The number of aromatic hydroxyl groups is 1. The number of aryl methyl sites for hydroxylation is 1. The van der Waals surface area contributed by atoms with Gasteiger partial charge in [-0.1, -0.05) is 41.6 Å². The molecular weight excluding hydrogens is 350 g/mol. The van der Waals surface area contributed by atoms with Crippen LogP contribution in [0.25, 0.3) is 0 Å². The summed E-state index contributed by atoms with van der Waals surface area (Å²) in [5.74, 6) is 1.97. The van der Waals surface area contributed by atoms with Crippen LogP contribution in [0.5, 0.6) is 11.5 Å². The molecule has 0 aliphatic rings. The van der Waals surface area contributed by atoms with Crippen LogP contribution in [-0.2, 0) is 5.75 Å². The molecule has 0 aliphatic heterocycles. The van der Waals surface area contributed by atoms with E-state index >= 15 is 0 Å². The third-order valence-corrected chi connectivity index (χ3v) is 4.44. The Labute approximate surface area is 155 Å². The summed E-state index contributed by atoms with van der Waals surface area (Å²) in [6.07, 6.45) is 1.49. The molecule has 2 aromatic carbocycles. The maximum Gasteiger partial charge on any atom is 0.240 e. The lowest BCUT2D eigenvalue weighted by Crippen LogP contribution is -1.93. The minimum atomic E-state index is 0.114. The van der Waals surface area contributed by atoms with Crippen LogP contribution >= 0.6 is 11.8 Å². The Bertz CT molecular complexity index is 910. The van der Waals surface area contributed by atoms with Crippen molar-refractivity contribution in [1.29, 1.82) is 0 Å². The van der Waals surface area contributed by atoms with Crippen LogP contribution in [0, 0.1) is 6.92 Å². The van der Waals surface area contributed by atoms with E-state index in [0.29, 0.717) is 22.4 Å². The van der Waals surface area contributed by atoms with Crippen molar-refractivity contribution < 1.29 is 9.84 Å². The van der Waals surface area contributed by atoms with E-state index in [1.54, 1.807) is 25.3 Å². The predicted molar refractivity (Wildman–Crippen MR) is 103 cm³/mol. The van der Waals surface area contributed by atoms with Gasteiger partial charge in [0.15, 0.2) is 0 Å². The molecule has 0 amide bonds. The Morgan fingerprint density at radius 1 is 1.31 bits per heavy atom. The van der Waals surface area contributed by atoms with E-state index in [1.807, 2.05) is 6.07 Å². The van der Waals surface area contributed by atoms with Gasteiger partial charge in [-0.2, -0.15) is 10.1 Å². The van der Waals surface area contributed by atoms with Gasteiger partial charge < -0.3 is 9.84 Å². The highest BCUT2D eigenvalue weighted by Gasteiger charge is 2.04. The number of anilines is 1.